The van der Waals surface area contributed by atoms with Gasteiger partial charge in [0.1, 0.15) is 5.54 Å². The number of carbonyl (C=O) groups excluding carboxylic acids is 1. The Morgan fingerprint density at radius 1 is 1.40 bits per heavy atom. The van der Waals surface area contributed by atoms with Crippen molar-refractivity contribution in [3.05, 3.63) is 28.2 Å². The summed E-state index contributed by atoms with van der Waals surface area (Å²) in [4.78, 5) is 23.3. The highest BCUT2D eigenvalue weighted by Crippen LogP contribution is 2.39. The molecule has 0 aliphatic heterocycles. The molecule has 1 atom stereocenters. The van der Waals surface area contributed by atoms with E-state index < -0.39 is 17.5 Å². The molecule has 1 aromatic rings. The van der Waals surface area contributed by atoms with Crippen LogP contribution in [0.2, 0.25) is 0 Å². The second kappa shape index (κ2) is 5.44. The Morgan fingerprint density at radius 2 is 2.05 bits per heavy atom. The van der Waals surface area contributed by atoms with E-state index in [0.717, 1.165) is 22.9 Å². The van der Waals surface area contributed by atoms with Crippen LogP contribution in [0.5, 0.6) is 0 Å². The largest absolute Gasteiger partial charge is 0.480 e. The zero-order valence-corrected chi connectivity index (χ0v) is 13.0. The molecule has 108 valence electrons. The van der Waals surface area contributed by atoms with E-state index in [4.69, 9.17) is 0 Å². The number of amides is 2. The van der Waals surface area contributed by atoms with E-state index in [-0.39, 0.29) is 5.92 Å². The summed E-state index contributed by atoms with van der Waals surface area (Å²) in [5.74, 6) is -0.987. The molecule has 20 heavy (non-hydrogen) atoms. The van der Waals surface area contributed by atoms with Gasteiger partial charge in [-0.05, 0) is 56.4 Å². The number of nitrogens with one attached hydrogen (secondary N) is 2. The molecule has 6 heteroatoms. The van der Waals surface area contributed by atoms with Gasteiger partial charge >= 0.3 is 12.0 Å². The molecule has 1 aromatic carbocycles. The van der Waals surface area contributed by atoms with Gasteiger partial charge in [0.2, 0.25) is 0 Å². The van der Waals surface area contributed by atoms with Crippen LogP contribution in [-0.2, 0) is 4.79 Å². The van der Waals surface area contributed by atoms with E-state index in [2.05, 4.69) is 26.6 Å². The number of carboxylic acids is 1. The van der Waals surface area contributed by atoms with E-state index in [9.17, 15) is 14.7 Å². The molecule has 0 bridgehead atoms. The van der Waals surface area contributed by atoms with E-state index in [0.29, 0.717) is 5.69 Å². The Labute approximate surface area is 125 Å². The first-order valence-electron chi connectivity index (χ1n) is 6.41. The van der Waals surface area contributed by atoms with Crippen LogP contribution in [0.4, 0.5) is 10.5 Å². The molecule has 0 radical (unpaired) electrons. The third kappa shape index (κ3) is 3.12. The quantitative estimate of drug-likeness (QED) is 0.787. The van der Waals surface area contributed by atoms with Crippen molar-refractivity contribution in [3.63, 3.8) is 0 Å². The monoisotopic (exact) mass is 340 g/mol. The molecule has 1 saturated carbocycles. The van der Waals surface area contributed by atoms with Crippen molar-refractivity contribution in [3.8, 4) is 0 Å². The maximum atomic E-state index is 12.0. The molecule has 0 spiro atoms. The summed E-state index contributed by atoms with van der Waals surface area (Å²) >= 11 is 3.38. The summed E-state index contributed by atoms with van der Waals surface area (Å²) in [6.07, 6.45) is 1.67. The van der Waals surface area contributed by atoms with Crippen molar-refractivity contribution in [1.29, 1.82) is 0 Å². The normalized spacial score (nSPS) is 17.1. The Balaban J connectivity index is 2.04. The van der Waals surface area contributed by atoms with Crippen LogP contribution < -0.4 is 10.6 Å². The van der Waals surface area contributed by atoms with E-state index in [1.54, 1.807) is 13.0 Å². The standard InChI is InChI=1S/C14H17BrN2O3/c1-8-7-10(5-6-11(8)15)16-13(20)17-14(2,12(18)19)9-3-4-9/h5-7,9H,3-4H2,1-2H3,(H,18,19)(H2,16,17,20). The zero-order valence-electron chi connectivity index (χ0n) is 11.4. The molecule has 1 fully saturated rings. The molecule has 1 aliphatic rings. The topological polar surface area (TPSA) is 78.4 Å². The summed E-state index contributed by atoms with van der Waals surface area (Å²) in [6.45, 7) is 3.47. The van der Waals surface area contributed by atoms with Gasteiger partial charge in [0.05, 0.1) is 0 Å². The first-order valence-corrected chi connectivity index (χ1v) is 7.21. The van der Waals surface area contributed by atoms with E-state index in [1.807, 2.05) is 19.1 Å². The molecule has 2 rings (SSSR count). The summed E-state index contributed by atoms with van der Waals surface area (Å²) in [5.41, 5.74) is 0.423. The van der Waals surface area contributed by atoms with Crippen molar-refractivity contribution in [2.45, 2.75) is 32.2 Å². The van der Waals surface area contributed by atoms with Crippen molar-refractivity contribution >= 4 is 33.6 Å². The fourth-order valence-corrected chi connectivity index (χ4v) is 2.36. The summed E-state index contributed by atoms with van der Waals surface area (Å²) in [7, 11) is 0. The third-order valence-electron chi connectivity index (χ3n) is 3.63. The molecule has 2 amide bonds. The minimum absolute atomic E-state index is 0.0115. The smallest absolute Gasteiger partial charge is 0.329 e. The SMILES string of the molecule is Cc1cc(NC(=O)NC(C)(C(=O)O)C2CC2)ccc1Br. The average molecular weight is 341 g/mol. The van der Waals surface area contributed by atoms with Crippen molar-refractivity contribution in [2.75, 3.05) is 5.32 Å². The lowest BCUT2D eigenvalue weighted by atomic mass is 9.96. The predicted molar refractivity (Wildman–Crippen MR) is 79.8 cm³/mol. The van der Waals surface area contributed by atoms with Gasteiger partial charge in [-0.15, -0.1) is 0 Å². The van der Waals surface area contributed by atoms with Gasteiger partial charge in [-0.25, -0.2) is 9.59 Å². The van der Waals surface area contributed by atoms with Gasteiger partial charge in [-0.3, -0.25) is 0 Å². The van der Waals surface area contributed by atoms with Gasteiger partial charge in [0, 0.05) is 10.2 Å². The molecular weight excluding hydrogens is 324 g/mol. The minimum atomic E-state index is -1.20. The number of carboxylic acid groups (broad SMARTS) is 1. The number of urea groups is 1. The van der Waals surface area contributed by atoms with Crippen LogP contribution in [0.25, 0.3) is 0 Å². The van der Waals surface area contributed by atoms with Crippen molar-refractivity contribution in [1.82, 2.24) is 5.32 Å². The number of hydrogen-bond donors (Lipinski definition) is 3. The Hall–Kier alpha value is -1.56. The number of carbonyl (C=O) groups is 2. The molecule has 1 aliphatic carbocycles. The van der Waals surface area contributed by atoms with Crippen LogP contribution in [-0.4, -0.2) is 22.6 Å². The second-order valence-corrected chi connectivity index (χ2v) is 6.18. The maximum absolute atomic E-state index is 12.0. The first-order chi connectivity index (χ1) is 9.33. The second-order valence-electron chi connectivity index (χ2n) is 5.32. The van der Waals surface area contributed by atoms with Gasteiger partial charge in [0.25, 0.3) is 0 Å². The van der Waals surface area contributed by atoms with Crippen molar-refractivity contribution < 1.29 is 14.7 Å². The van der Waals surface area contributed by atoms with Gasteiger partial charge in [-0.1, -0.05) is 15.9 Å². The number of aryl methyl sites for hydroxylation is 1. The van der Waals surface area contributed by atoms with E-state index >= 15 is 0 Å². The Kier molecular flexibility index (Phi) is 4.04. The van der Waals surface area contributed by atoms with Gasteiger partial charge < -0.3 is 15.7 Å². The highest BCUT2D eigenvalue weighted by atomic mass is 79.9. The van der Waals surface area contributed by atoms with Crippen LogP contribution in [0.15, 0.2) is 22.7 Å². The molecule has 1 unspecified atom stereocenters. The molecule has 3 N–H and O–H groups in total. The molecule has 0 aromatic heterocycles. The fraction of sp³-hybridized carbons (Fsp3) is 0.429. The maximum Gasteiger partial charge on any atom is 0.329 e. The summed E-state index contributed by atoms with van der Waals surface area (Å²) in [5, 5.41) is 14.5. The van der Waals surface area contributed by atoms with Crippen LogP contribution in [0, 0.1) is 12.8 Å². The zero-order chi connectivity index (χ0) is 14.9. The lowest BCUT2D eigenvalue weighted by molar-refractivity contribution is -0.144. The number of halogens is 1. The third-order valence-corrected chi connectivity index (χ3v) is 4.52. The van der Waals surface area contributed by atoms with Gasteiger partial charge in [-0.2, -0.15) is 0 Å². The van der Waals surface area contributed by atoms with Crippen LogP contribution in [0.1, 0.15) is 25.3 Å². The molecule has 0 saturated heterocycles. The first kappa shape index (κ1) is 14.8. The fourth-order valence-electron chi connectivity index (χ4n) is 2.11. The predicted octanol–water partition coefficient (Wildman–Crippen LogP) is 3.13. The number of benzene rings is 1. The van der Waals surface area contributed by atoms with Gasteiger partial charge in [0.15, 0.2) is 0 Å². The van der Waals surface area contributed by atoms with Crippen LogP contribution >= 0.6 is 15.9 Å². The minimum Gasteiger partial charge on any atom is -0.480 e. The molecular formula is C14H17BrN2O3. The number of aliphatic carboxylic acids is 1. The number of anilines is 1. The number of rotatable bonds is 4. The summed E-state index contributed by atoms with van der Waals surface area (Å²) in [6, 6.07) is 4.91. The van der Waals surface area contributed by atoms with E-state index in [1.165, 1.54) is 0 Å². The highest BCUT2D eigenvalue weighted by molar-refractivity contribution is 9.10. The molecule has 0 heterocycles. The van der Waals surface area contributed by atoms with Crippen molar-refractivity contribution in [2.24, 2.45) is 5.92 Å². The Bertz CT molecular complexity index is 557. The lowest BCUT2D eigenvalue weighted by Crippen LogP contribution is -2.55. The molecule has 5 nitrogen and oxygen atoms in total. The highest BCUT2D eigenvalue weighted by Gasteiger charge is 2.48. The average Bonchev–Trinajstić information content (AvgIpc) is 3.17. The summed E-state index contributed by atoms with van der Waals surface area (Å²) < 4.78 is 0.955. The number of hydrogen-bond acceptors (Lipinski definition) is 2. The Morgan fingerprint density at radius 3 is 2.55 bits per heavy atom. The van der Waals surface area contributed by atoms with Crippen LogP contribution in [0.3, 0.4) is 0 Å². The lowest BCUT2D eigenvalue weighted by Gasteiger charge is -2.26.